The molecule has 7 nitrogen and oxygen atoms in total. The lowest BCUT2D eigenvalue weighted by Gasteiger charge is -2.28. The molecule has 2 aromatic carbocycles. The zero-order chi connectivity index (χ0) is 28.1. The normalized spacial score (nSPS) is 17.0. The number of aryl methyl sites for hydroxylation is 1. The first kappa shape index (κ1) is 27.4. The summed E-state index contributed by atoms with van der Waals surface area (Å²) in [4.78, 5) is 29.1. The minimum Gasteiger partial charge on any atom is -0.496 e. The van der Waals surface area contributed by atoms with Gasteiger partial charge in [0.1, 0.15) is 17.1 Å². The number of methoxy groups -OCH3 is 1. The summed E-state index contributed by atoms with van der Waals surface area (Å²) in [6.07, 6.45) is 8.67. The fourth-order valence-electron chi connectivity index (χ4n) is 5.62. The molecule has 40 heavy (non-hydrogen) atoms. The predicted molar refractivity (Wildman–Crippen MR) is 155 cm³/mol. The van der Waals surface area contributed by atoms with Crippen LogP contribution in [0.5, 0.6) is 5.75 Å². The first-order valence-electron chi connectivity index (χ1n) is 14.1. The molecule has 0 radical (unpaired) electrons. The molecular weight excluding hydrogens is 502 g/mol. The van der Waals surface area contributed by atoms with Crippen molar-refractivity contribution in [1.82, 2.24) is 14.7 Å². The fourth-order valence-corrected chi connectivity index (χ4v) is 5.62. The minimum absolute atomic E-state index is 0.0683. The molecule has 0 aliphatic heterocycles. The van der Waals surface area contributed by atoms with E-state index in [2.05, 4.69) is 34.6 Å². The average molecular weight is 540 g/mol. The van der Waals surface area contributed by atoms with Crippen molar-refractivity contribution in [3.8, 4) is 16.9 Å². The zero-order valence-corrected chi connectivity index (χ0v) is 23.5. The molecule has 0 atom stereocenters. The molecule has 1 aliphatic carbocycles. The molecule has 0 unspecified atom stereocenters. The predicted octanol–water partition coefficient (Wildman–Crippen LogP) is 6.48. The van der Waals surface area contributed by atoms with Crippen molar-refractivity contribution in [3.63, 3.8) is 0 Å². The average Bonchev–Trinajstić information content (AvgIpc) is 3.41. The van der Waals surface area contributed by atoms with Gasteiger partial charge in [-0.25, -0.2) is 4.98 Å². The standard InChI is InChI=1S/C33H37N3O4/c1-4-40-32(37)18-23-7-9-25(10-8-23)26-11-13-27(14-12-26)28-15-16-31-35-29(21-36(31)20-28)33(38)34-19-24-6-5-22(2)30(17-24)39-3/h5-6,11-17,20-21,23,25H,4,7-10,18-19H2,1-3H3,(H,34,38). The van der Waals surface area contributed by atoms with E-state index in [0.29, 0.717) is 37.1 Å². The summed E-state index contributed by atoms with van der Waals surface area (Å²) in [5, 5.41) is 2.95. The van der Waals surface area contributed by atoms with E-state index in [1.54, 1.807) is 13.3 Å². The topological polar surface area (TPSA) is 81.9 Å². The SMILES string of the molecule is CCOC(=O)CC1CCC(c2ccc(-c3ccc4nc(C(=O)NCc5ccc(C)c(OC)c5)cn4c3)cc2)CC1. The molecule has 2 aromatic heterocycles. The summed E-state index contributed by atoms with van der Waals surface area (Å²) in [6.45, 7) is 4.70. The Balaban J connectivity index is 1.20. The molecular formula is C33H37N3O4. The third-order valence-corrected chi connectivity index (χ3v) is 7.93. The monoisotopic (exact) mass is 539 g/mol. The maximum absolute atomic E-state index is 12.8. The Labute approximate surface area is 235 Å². The number of carbonyl (C=O) groups excluding carboxylic acids is 2. The van der Waals surface area contributed by atoms with Crippen LogP contribution in [0.25, 0.3) is 16.8 Å². The number of fused-ring (bicyclic) bond motifs is 1. The molecule has 208 valence electrons. The molecule has 0 bridgehead atoms. The first-order valence-corrected chi connectivity index (χ1v) is 14.1. The molecule has 1 N–H and O–H groups in total. The molecule has 1 fully saturated rings. The maximum atomic E-state index is 12.8. The van der Waals surface area contributed by atoms with E-state index in [-0.39, 0.29) is 11.9 Å². The number of imidazole rings is 1. The highest BCUT2D eigenvalue weighted by molar-refractivity contribution is 5.92. The van der Waals surface area contributed by atoms with E-state index in [0.717, 1.165) is 59.3 Å². The molecule has 7 heteroatoms. The zero-order valence-electron chi connectivity index (χ0n) is 23.5. The van der Waals surface area contributed by atoms with Gasteiger partial charge in [-0.15, -0.1) is 0 Å². The molecule has 1 saturated carbocycles. The van der Waals surface area contributed by atoms with Crippen LogP contribution >= 0.6 is 0 Å². The van der Waals surface area contributed by atoms with E-state index in [9.17, 15) is 9.59 Å². The Morgan fingerprint density at radius 3 is 2.45 bits per heavy atom. The van der Waals surface area contributed by atoms with Crippen molar-refractivity contribution in [2.75, 3.05) is 13.7 Å². The number of hydrogen-bond donors (Lipinski definition) is 1. The summed E-state index contributed by atoms with van der Waals surface area (Å²) in [7, 11) is 1.65. The molecule has 4 aromatic rings. The van der Waals surface area contributed by atoms with Gasteiger partial charge >= 0.3 is 5.97 Å². The molecule has 0 saturated heterocycles. The van der Waals surface area contributed by atoms with Gasteiger partial charge in [-0.2, -0.15) is 0 Å². The summed E-state index contributed by atoms with van der Waals surface area (Å²) in [5.41, 5.74) is 6.66. The number of amides is 1. The number of pyridine rings is 1. The van der Waals surface area contributed by atoms with Crippen LogP contribution in [0, 0.1) is 12.8 Å². The van der Waals surface area contributed by atoms with Crippen molar-refractivity contribution in [2.45, 2.75) is 58.4 Å². The number of ether oxygens (including phenoxy) is 2. The summed E-state index contributed by atoms with van der Waals surface area (Å²) in [6, 6.07) is 18.7. The van der Waals surface area contributed by atoms with Crippen molar-refractivity contribution >= 4 is 17.5 Å². The van der Waals surface area contributed by atoms with Gasteiger partial charge < -0.3 is 19.2 Å². The Kier molecular flexibility index (Phi) is 8.48. The van der Waals surface area contributed by atoms with Gasteiger partial charge in [0.25, 0.3) is 5.91 Å². The van der Waals surface area contributed by atoms with Gasteiger partial charge in [0, 0.05) is 25.4 Å². The number of nitrogens with zero attached hydrogens (tertiary/aromatic N) is 2. The largest absolute Gasteiger partial charge is 0.496 e. The van der Waals surface area contributed by atoms with Crippen LogP contribution in [0.15, 0.2) is 67.0 Å². The smallest absolute Gasteiger partial charge is 0.306 e. The third kappa shape index (κ3) is 6.36. The number of aromatic nitrogens is 2. The Morgan fingerprint density at radius 1 is 0.975 bits per heavy atom. The first-order chi connectivity index (χ1) is 19.4. The van der Waals surface area contributed by atoms with E-state index in [4.69, 9.17) is 9.47 Å². The number of esters is 1. The highest BCUT2D eigenvalue weighted by Crippen LogP contribution is 2.37. The van der Waals surface area contributed by atoms with E-state index in [1.165, 1.54) is 5.56 Å². The Hall–Kier alpha value is -4.13. The van der Waals surface area contributed by atoms with E-state index in [1.807, 2.05) is 54.8 Å². The highest BCUT2D eigenvalue weighted by Gasteiger charge is 2.24. The molecule has 1 aliphatic rings. The lowest BCUT2D eigenvalue weighted by molar-refractivity contribution is -0.144. The maximum Gasteiger partial charge on any atom is 0.306 e. The Bertz CT molecular complexity index is 1480. The third-order valence-electron chi connectivity index (χ3n) is 7.93. The van der Waals surface area contributed by atoms with Crippen LogP contribution in [0.4, 0.5) is 0 Å². The van der Waals surface area contributed by atoms with Gasteiger partial charge in [0.05, 0.1) is 13.7 Å². The molecule has 1 amide bonds. The van der Waals surface area contributed by atoms with Crippen molar-refractivity contribution in [2.24, 2.45) is 5.92 Å². The van der Waals surface area contributed by atoms with E-state index >= 15 is 0 Å². The van der Waals surface area contributed by atoms with Crippen molar-refractivity contribution < 1.29 is 19.1 Å². The quantitative estimate of drug-likeness (QED) is 0.246. The lowest BCUT2D eigenvalue weighted by Crippen LogP contribution is -2.23. The number of hydrogen-bond acceptors (Lipinski definition) is 5. The van der Waals surface area contributed by atoms with Gasteiger partial charge in [-0.05, 0) is 97.4 Å². The van der Waals surface area contributed by atoms with Crippen molar-refractivity contribution in [3.05, 3.63) is 89.4 Å². The van der Waals surface area contributed by atoms with Crippen LogP contribution in [0.1, 0.15) is 72.1 Å². The van der Waals surface area contributed by atoms with Gasteiger partial charge in [-0.1, -0.05) is 36.4 Å². The van der Waals surface area contributed by atoms with Crippen LogP contribution in [0.2, 0.25) is 0 Å². The van der Waals surface area contributed by atoms with Crippen LogP contribution in [-0.2, 0) is 16.1 Å². The number of benzene rings is 2. The number of nitrogens with one attached hydrogen (secondary N) is 1. The van der Waals surface area contributed by atoms with Gasteiger partial charge in [0.15, 0.2) is 0 Å². The molecule has 2 heterocycles. The Morgan fingerprint density at radius 2 is 1.73 bits per heavy atom. The minimum atomic E-state index is -0.217. The van der Waals surface area contributed by atoms with Gasteiger partial charge in [-0.3, -0.25) is 9.59 Å². The van der Waals surface area contributed by atoms with Crippen LogP contribution < -0.4 is 10.1 Å². The number of rotatable bonds is 9. The highest BCUT2D eigenvalue weighted by atomic mass is 16.5. The number of carbonyl (C=O) groups is 2. The van der Waals surface area contributed by atoms with E-state index < -0.39 is 0 Å². The second-order valence-corrected chi connectivity index (χ2v) is 10.6. The summed E-state index contributed by atoms with van der Waals surface area (Å²) >= 11 is 0. The van der Waals surface area contributed by atoms with Crippen molar-refractivity contribution in [1.29, 1.82) is 0 Å². The lowest BCUT2D eigenvalue weighted by atomic mass is 9.77. The summed E-state index contributed by atoms with van der Waals surface area (Å²) < 4.78 is 12.4. The van der Waals surface area contributed by atoms with Gasteiger partial charge in [0.2, 0.25) is 0 Å². The summed E-state index contributed by atoms with van der Waals surface area (Å²) in [5.74, 6) is 1.49. The fraction of sp³-hybridized carbons (Fsp3) is 0.364. The van der Waals surface area contributed by atoms with Crippen LogP contribution in [0.3, 0.4) is 0 Å². The second-order valence-electron chi connectivity index (χ2n) is 10.6. The van der Waals surface area contributed by atoms with Crippen LogP contribution in [-0.4, -0.2) is 35.0 Å². The molecule has 5 rings (SSSR count). The molecule has 0 spiro atoms. The second kappa shape index (κ2) is 12.4.